The topological polar surface area (TPSA) is 43.5 Å². The van der Waals surface area contributed by atoms with E-state index in [1.165, 1.54) is 16.7 Å². The van der Waals surface area contributed by atoms with Crippen LogP contribution in [-0.2, 0) is 9.47 Å². The van der Waals surface area contributed by atoms with Gasteiger partial charge in [0.1, 0.15) is 36.9 Å². The van der Waals surface area contributed by atoms with Gasteiger partial charge in [0.05, 0.1) is 13.2 Å². The predicted molar refractivity (Wildman–Crippen MR) is 126 cm³/mol. The molecule has 4 nitrogen and oxygen atoms in total. The Morgan fingerprint density at radius 1 is 0.812 bits per heavy atom. The summed E-state index contributed by atoms with van der Waals surface area (Å²) in [5.41, 5.74) is 3.88. The Bertz CT molecular complexity index is 955. The molecule has 2 aliphatic heterocycles. The van der Waals surface area contributed by atoms with E-state index in [-0.39, 0.29) is 18.1 Å². The van der Waals surface area contributed by atoms with Crippen LogP contribution in [0.2, 0.25) is 0 Å². The van der Waals surface area contributed by atoms with Crippen LogP contribution in [-0.4, -0.2) is 38.6 Å². The zero-order chi connectivity index (χ0) is 21.9. The second-order valence-corrected chi connectivity index (χ2v) is 9.03. The maximum atomic E-state index is 6.07. The van der Waals surface area contributed by atoms with E-state index in [4.69, 9.17) is 18.9 Å². The zero-order valence-electron chi connectivity index (χ0n) is 18.9. The number of rotatable bonds is 10. The number of allylic oxidation sites excluding steroid dienone is 4. The molecule has 168 valence electrons. The van der Waals surface area contributed by atoms with Crippen molar-refractivity contribution in [3.05, 3.63) is 83.5 Å². The van der Waals surface area contributed by atoms with E-state index < -0.39 is 0 Å². The van der Waals surface area contributed by atoms with Crippen molar-refractivity contribution in [2.45, 2.75) is 50.2 Å². The molecule has 0 radical (unpaired) electrons. The van der Waals surface area contributed by atoms with Gasteiger partial charge in [-0.15, -0.1) is 0 Å². The molecular formula is C28H32O4. The number of epoxide rings is 2. The summed E-state index contributed by atoms with van der Waals surface area (Å²) in [5, 5.41) is 0. The van der Waals surface area contributed by atoms with Gasteiger partial charge in [0.2, 0.25) is 0 Å². The third-order valence-electron chi connectivity index (χ3n) is 6.54. The Morgan fingerprint density at radius 3 is 1.97 bits per heavy atom. The standard InChI is InChI=1S/C28H32O4/c1-3-19(2)27-14-23(10-13-28(27)32-18-26-17-31-26)22-6-4-20(5-7-22)21-8-11-24(12-9-21)29-15-25-16-30-25/h4-14,19-20,22,25-26H,3,15-18H2,1-2H3. The van der Waals surface area contributed by atoms with Crippen molar-refractivity contribution in [2.24, 2.45) is 0 Å². The van der Waals surface area contributed by atoms with E-state index in [1.54, 1.807) is 0 Å². The van der Waals surface area contributed by atoms with Crippen molar-refractivity contribution < 1.29 is 18.9 Å². The summed E-state index contributed by atoms with van der Waals surface area (Å²) in [5.74, 6) is 2.94. The maximum Gasteiger partial charge on any atom is 0.122 e. The number of benzene rings is 2. The van der Waals surface area contributed by atoms with Crippen molar-refractivity contribution in [3.8, 4) is 11.5 Å². The Kier molecular flexibility index (Phi) is 6.33. The molecule has 2 fully saturated rings. The number of hydrogen-bond donors (Lipinski definition) is 0. The van der Waals surface area contributed by atoms with Gasteiger partial charge in [0, 0.05) is 11.8 Å². The van der Waals surface area contributed by atoms with Crippen molar-refractivity contribution in [3.63, 3.8) is 0 Å². The first-order valence-corrected chi connectivity index (χ1v) is 11.8. The molecule has 4 heteroatoms. The fourth-order valence-corrected chi connectivity index (χ4v) is 4.05. The largest absolute Gasteiger partial charge is 0.491 e. The molecule has 0 bridgehead atoms. The molecule has 5 rings (SSSR count). The lowest BCUT2D eigenvalue weighted by Crippen LogP contribution is -2.08. The maximum absolute atomic E-state index is 6.07. The first kappa shape index (κ1) is 21.3. The minimum absolute atomic E-state index is 0.272. The minimum Gasteiger partial charge on any atom is -0.491 e. The van der Waals surface area contributed by atoms with E-state index in [0.29, 0.717) is 25.0 Å². The second-order valence-electron chi connectivity index (χ2n) is 9.03. The molecule has 2 heterocycles. The first-order valence-electron chi connectivity index (χ1n) is 11.8. The predicted octanol–water partition coefficient (Wildman–Crippen LogP) is 5.75. The molecule has 2 aromatic carbocycles. The average Bonchev–Trinajstić information content (AvgIpc) is 3.77. The summed E-state index contributed by atoms with van der Waals surface area (Å²) in [6.07, 6.45) is 10.9. The lowest BCUT2D eigenvalue weighted by atomic mass is 9.85. The SMILES string of the molecule is CCC(C)c1cc(C2C=CC(c3ccc(OCC4CO4)cc3)C=C2)ccc1OCC1CO1. The third kappa shape index (κ3) is 5.25. The number of hydrogen-bond acceptors (Lipinski definition) is 4. The quantitative estimate of drug-likeness (QED) is 0.354. The smallest absolute Gasteiger partial charge is 0.122 e. The summed E-state index contributed by atoms with van der Waals surface area (Å²) in [6.45, 7) is 7.42. The van der Waals surface area contributed by atoms with Crippen LogP contribution in [0.25, 0.3) is 0 Å². The van der Waals surface area contributed by atoms with Gasteiger partial charge in [-0.05, 0) is 47.2 Å². The molecular weight excluding hydrogens is 400 g/mol. The van der Waals surface area contributed by atoms with E-state index in [1.807, 2.05) is 0 Å². The van der Waals surface area contributed by atoms with Gasteiger partial charge < -0.3 is 18.9 Å². The van der Waals surface area contributed by atoms with Gasteiger partial charge in [0.15, 0.2) is 0 Å². The molecule has 0 N–H and O–H groups in total. The lowest BCUT2D eigenvalue weighted by molar-refractivity contribution is 0.260. The van der Waals surface area contributed by atoms with Crippen molar-refractivity contribution in [1.82, 2.24) is 0 Å². The first-order chi connectivity index (χ1) is 15.7. The molecule has 2 saturated heterocycles. The van der Waals surface area contributed by atoms with E-state index in [0.717, 1.165) is 31.1 Å². The molecule has 0 saturated carbocycles. The average molecular weight is 433 g/mol. The zero-order valence-corrected chi connectivity index (χ0v) is 18.9. The van der Waals surface area contributed by atoms with Crippen LogP contribution in [0.3, 0.4) is 0 Å². The summed E-state index contributed by atoms with van der Waals surface area (Å²) in [4.78, 5) is 0. The fraction of sp³-hybridized carbons (Fsp3) is 0.429. The lowest BCUT2D eigenvalue weighted by Gasteiger charge is -2.21. The van der Waals surface area contributed by atoms with E-state index in [2.05, 4.69) is 80.6 Å². The molecule has 0 spiro atoms. The summed E-state index contributed by atoms with van der Waals surface area (Å²) in [7, 11) is 0. The number of ether oxygens (including phenoxy) is 4. The van der Waals surface area contributed by atoms with E-state index >= 15 is 0 Å². The van der Waals surface area contributed by atoms with Crippen LogP contribution in [0.4, 0.5) is 0 Å². The van der Waals surface area contributed by atoms with Crippen LogP contribution in [0.1, 0.15) is 54.7 Å². The Morgan fingerprint density at radius 2 is 1.38 bits per heavy atom. The highest BCUT2D eigenvalue weighted by atomic mass is 16.6. The second kappa shape index (κ2) is 9.51. The normalized spacial score (nSPS) is 26.6. The van der Waals surface area contributed by atoms with Crippen LogP contribution in [0, 0.1) is 0 Å². The van der Waals surface area contributed by atoms with Gasteiger partial charge in [-0.25, -0.2) is 0 Å². The Hall–Kier alpha value is -2.56. The van der Waals surface area contributed by atoms with Crippen molar-refractivity contribution >= 4 is 0 Å². The molecule has 0 aromatic heterocycles. The molecule has 32 heavy (non-hydrogen) atoms. The Labute approximate surface area is 190 Å². The minimum atomic E-state index is 0.272. The van der Waals surface area contributed by atoms with Crippen molar-refractivity contribution in [2.75, 3.05) is 26.4 Å². The fourth-order valence-electron chi connectivity index (χ4n) is 4.05. The molecule has 3 aliphatic rings. The van der Waals surface area contributed by atoms with Crippen molar-refractivity contribution in [1.29, 1.82) is 0 Å². The van der Waals surface area contributed by atoms with Gasteiger partial charge in [0.25, 0.3) is 0 Å². The summed E-state index contributed by atoms with van der Waals surface area (Å²) >= 11 is 0. The monoisotopic (exact) mass is 432 g/mol. The highest BCUT2D eigenvalue weighted by Gasteiger charge is 2.25. The van der Waals surface area contributed by atoms with Gasteiger partial charge in [-0.1, -0.05) is 62.4 Å². The van der Waals surface area contributed by atoms with Crippen LogP contribution in [0.15, 0.2) is 66.8 Å². The van der Waals surface area contributed by atoms with Gasteiger partial charge in [-0.3, -0.25) is 0 Å². The van der Waals surface area contributed by atoms with Gasteiger partial charge in [-0.2, -0.15) is 0 Å². The van der Waals surface area contributed by atoms with Crippen LogP contribution < -0.4 is 9.47 Å². The van der Waals surface area contributed by atoms with Gasteiger partial charge >= 0.3 is 0 Å². The molecule has 1 aliphatic carbocycles. The summed E-state index contributed by atoms with van der Waals surface area (Å²) in [6, 6.07) is 15.1. The molecule has 2 aromatic rings. The molecule has 3 unspecified atom stereocenters. The third-order valence-corrected chi connectivity index (χ3v) is 6.54. The van der Waals surface area contributed by atoms with Crippen LogP contribution in [0.5, 0.6) is 11.5 Å². The Balaban J connectivity index is 1.25. The molecule has 0 amide bonds. The molecule has 3 atom stereocenters. The summed E-state index contributed by atoms with van der Waals surface area (Å²) < 4.78 is 22.3. The van der Waals surface area contributed by atoms with E-state index in [9.17, 15) is 0 Å². The highest BCUT2D eigenvalue weighted by Crippen LogP contribution is 2.36. The highest BCUT2D eigenvalue weighted by molar-refractivity contribution is 5.45. The van der Waals surface area contributed by atoms with Crippen LogP contribution >= 0.6 is 0 Å².